The third-order valence-corrected chi connectivity index (χ3v) is 4.53. The normalized spacial score (nSPS) is 17.4. The average Bonchev–Trinajstić information content (AvgIpc) is 3.29. The number of carbonyl (C=O) groups is 1. The summed E-state index contributed by atoms with van der Waals surface area (Å²) in [6, 6.07) is 11.6. The molecule has 0 bridgehead atoms. The predicted octanol–water partition coefficient (Wildman–Crippen LogP) is 2.36. The molecule has 130 valence electrons. The molecule has 1 amide bonds. The van der Waals surface area contributed by atoms with Crippen molar-refractivity contribution in [2.24, 2.45) is 5.92 Å². The fourth-order valence-corrected chi connectivity index (χ4v) is 3.13. The summed E-state index contributed by atoms with van der Waals surface area (Å²) in [6.07, 6.45) is 1.80. The zero-order chi connectivity index (χ0) is 17.6. The number of carbonyl (C=O) groups excluding carboxylic acids is 1. The molecule has 0 saturated carbocycles. The molecule has 6 heteroatoms. The highest BCUT2D eigenvalue weighted by Crippen LogP contribution is 2.19. The van der Waals surface area contributed by atoms with E-state index in [1.54, 1.807) is 6.07 Å². The highest BCUT2D eigenvalue weighted by molar-refractivity contribution is 5.91. The van der Waals surface area contributed by atoms with Gasteiger partial charge in [-0.25, -0.2) is 0 Å². The van der Waals surface area contributed by atoms with Gasteiger partial charge in [0.2, 0.25) is 5.76 Å². The van der Waals surface area contributed by atoms with Gasteiger partial charge in [-0.05, 0) is 43.0 Å². The zero-order valence-electron chi connectivity index (χ0n) is 14.4. The van der Waals surface area contributed by atoms with Crippen molar-refractivity contribution in [3.63, 3.8) is 0 Å². The van der Waals surface area contributed by atoms with Gasteiger partial charge in [-0.3, -0.25) is 9.69 Å². The van der Waals surface area contributed by atoms with Crippen molar-refractivity contribution in [1.29, 1.82) is 5.26 Å². The Morgan fingerprint density at radius 1 is 1.48 bits per heavy atom. The second kappa shape index (κ2) is 7.95. The van der Waals surface area contributed by atoms with Gasteiger partial charge in [0.05, 0.1) is 17.3 Å². The first kappa shape index (κ1) is 17.2. The van der Waals surface area contributed by atoms with Gasteiger partial charge in [0.25, 0.3) is 5.91 Å². The maximum absolute atomic E-state index is 12.1. The molecule has 6 nitrogen and oxygen atoms in total. The summed E-state index contributed by atoms with van der Waals surface area (Å²) in [4.78, 5) is 14.4. The summed E-state index contributed by atoms with van der Waals surface area (Å²) in [5.41, 5.74) is 2.63. The van der Waals surface area contributed by atoms with Gasteiger partial charge in [-0.2, -0.15) is 5.26 Å². The van der Waals surface area contributed by atoms with Crippen LogP contribution in [0.25, 0.3) is 0 Å². The van der Waals surface area contributed by atoms with Crippen molar-refractivity contribution in [2.45, 2.75) is 26.3 Å². The molecule has 2 heterocycles. The molecular formula is C19H22N4O2. The third-order valence-electron chi connectivity index (χ3n) is 4.53. The van der Waals surface area contributed by atoms with E-state index in [4.69, 9.17) is 9.78 Å². The van der Waals surface area contributed by atoms with Crippen LogP contribution in [0.3, 0.4) is 0 Å². The molecular weight excluding hydrogens is 316 g/mol. The number of likely N-dealkylation sites (tertiary alicyclic amines) is 1. The first-order valence-corrected chi connectivity index (χ1v) is 8.63. The molecule has 1 saturated heterocycles. The minimum atomic E-state index is -0.202. The van der Waals surface area contributed by atoms with Crippen LogP contribution in [0.1, 0.15) is 40.7 Å². The summed E-state index contributed by atoms with van der Waals surface area (Å²) >= 11 is 0. The van der Waals surface area contributed by atoms with Crippen molar-refractivity contribution < 1.29 is 9.32 Å². The number of nitrogens with one attached hydrogen (secondary N) is 1. The second-order valence-electron chi connectivity index (χ2n) is 6.45. The zero-order valence-corrected chi connectivity index (χ0v) is 14.4. The van der Waals surface area contributed by atoms with Crippen molar-refractivity contribution in [3.8, 4) is 6.07 Å². The van der Waals surface area contributed by atoms with E-state index in [2.05, 4.69) is 21.4 Å². The quantitative estimate of drug-likeness (QED) is 0.874. The Morgan fingerprint density at radius 2 is 2.36 bits per heavy atom. The molecule has 3 rings (SSSR count). The lowest BCUT2D eigenvalue weighted by molar-refractivity contribution is 0.0910. The van der Waals surface area contributed by atoms with Crippen LogP contribution in [-0.4, -0.2) is 35.6 Å². The van der Waals surface area contributed by atoms with Gasteiger partial charge in [0.1, 0.15) is 0 Å². The number of nitrogens with zero attached hydrogens (tertiary/aromatic N) is 3. The largest absolute Gasteiger partial charge is 0.351 e. The number of aryl methyl sites for hydroxylation is 1. The topological polar surface area (TPSA) is 82.2 Å². The van der Waals surface area contributed by atoms with Crippen molar-refractivity contribution in [2.75, 3.05) is 19.6 Å². The lowest BCUT2D eigenvalue weighted by Gasteiger charge is -2.16. The van der Waals surface area contributed by atoms with E-state index >= 15 is 0 Å². The summed E-state index contributed by atoms with van der Waals surface area (Å²) in [7, 11) is 0. The Labute approximate surface area is 147 Å². The molecule has 0 spiro atoms. The molecule has 25 heavy (non-hydrogen) atoms. The molecule has 1 N–H and O–H groups in total. The van der Waals surface area contributed by atoms with Gasteiger partial charge < -0.3 is 9.84 Å². The minimum Gasteiger partial charge on any atom is -0.351 e. The Kier molecular flexibility index (Phi) is 5.46. The molecule has 0 radical (unpaired) electrons. The molecule has 0 unspecified atom stereocenters. The number of rotatable bonds is 6. The fraction of sp³-hybridized carbons (Fsp3) is 0.421. The number of amides is 1. The van der Waals surface area contributed by atoms with E-state index in [9.17, 15) is 4.79 Å². The molecule has 0 aliphatic carbocycles. The van der Waals surface area contributed by atoms with Crippen LogP contribution >= 0.6 is 0 Å². The summed E-state index contributed by atoms with van der Waals surface area (Å²) < 4.78 is 5.06. The first-order chi connectivity index (χ1) is 12.2. The summed E-state index contributed by atoms with van der Waals surface area (Å²) in [5, 5.41) is 15.8. The first-order valence-electron chi connectivity index (χ1n) is 8.63. The molecule has 1 aromatic heterocycles. The van der Waals surface area contributed by atoms with E-state index in [1.165, 1.54) is 0 Å². The van der Waals surface area contributed by atoms with E-state index < -0.39 is 0 Å². The summed E-state index contributed by atoms with van der Waals surface area (Å²) in [6.45, 7) is 5.38. The van der Waals surface area contributed by atoms with E-state index in [-0.39, 0.29) is 11.7 Å². The molecule has 2 aromatic rings. The van der Waals surface area contributed by atoms with Gasteiger partial charge >= 0.3 is 0 Å². The van der Waals surface area contributed by atoms with Crippen LogP contribution < -0.4 is 5.32 Å². The molecule has 1 fully saturated rings. The van der Waals surface area contributed by atoms with Crippen LogP contribution in [0.15, 0.2) is 34.9 Å². The lowest BCUT2D eigenvalue weighted by atomic mass is 10.1. The van der Waals surface area contributed by atoms with E-state index in [0.29, 0.717) is 18.0 Å². The maximum Gasteiger partial charge on any atom is 0.289 e. The van der Waals surface area contributed by atoms with Crippen molar-refractivity contribution >= 4 is 5.91 Å². The van der Waals surface area contributed by atoms with E-state index in [1.807, 2.05) is 31.2 Å². The molecule has 1 aliphatic heterocycles. The second-order valence-corrected chi connectivity index (χ2v) is 6.45. The van der Waals surface area contributed by atoms with Gasteiger partial charge in [0.15, 0.2) is 0 Å². The predicted molar refractivity (Wildman–Crippen MR) is 92.8 cm³/mol. The molecule has 1 aliphatic rings. The Morgan fingerprint density at radius 3 is 3.12 bits per heavy atom. The fourth-order valence-electron chi connectivity index (χ4n) is 3.13. The van der Waals surface area contributed by atoms with Crippen LogP contribution in [-0.2, 0) is 13.0 Å². The number of aromatic nitrogens is 1. The Bertz CT molecular complexity index is 778. The van der Waals surface area contributed by atoms with Crippen LogP contribution in [0, 0.1) is 17.2 Å². The van der Waals surface area contributed by atoms with Crippen LogP contribution in [0.4, 0.5) is 0 Å². The lowest BCUT2D eigenvalue weighted by Crippen LogP contribution is -2.30. The highest BCUT2D eigenvalue weighted by atomic mass is 16.5. The molecule has 1 aromatic carbocycles. The van der Waals surface area contributed by atoms with Crippen molar-refractivity contribution in [1.82, 2.24) is 15.4 Å². The van der Waals surface area contributed by atoms with E-state index in [0.717, 1.165) is 43.7 Å². The Balaban J connectivity index is 1.46. The van der Waals surface area contributed by atoms with Gasteiger partial charge in [0, 0.05) is 25.7 Å². The number of hydrogen-bond acceptors (Lipinski definition) is 5. The van der Waals surface area contributed by atoms with Crippen LogP contribution in [0.5, 0.6) is 0 Å². The number of benzene rings is 1. The monoisotopic (exact) mass is 338 g/mol. The van der Waals surface area contributed by atoms with Gasteiger partial charge in [-0.15, -0.1) is 0 Å². The SMILES string of the molecule is CCc1cc(C(=O)NC[C@@H]2CCN(Cc3cccc(C#N)c3)C2)on1. The van der Waals surface area contributed by atoms with Crippen LogP contribution in [0.2, 0.25) is 0 Å². The molecule has 1 atom stereocenters. The van der Waals surface area contributed by atoms with Gasteiger partial charge in [-0.1, -0.05) is 24.2 Å². The maximum atomic E-state index is 12.1. The third kappa shape index (κ3) is 4.46. The smallest absolute Gasteiger partial charge is 0.289 e. The average molecular weight is 338 g/mol. The number of hydrogen-bond donors (Lipinski definition) is 1. The standard InChI is InChI=1S/C19H22N4O2/c1-2-17-9-18(25-22-17)19(24)21-11-16-6-7-23(13-16)12-15-5-3-4-14(8-15)10-20/h3-5,8-9,16H,2,6-7,11-13H2,1H3,(H,21,24)/t16-/m0/s1. The number of nitriles is 1. The Hall–Kier alpha value is -2.65. The van der Waals surface area contributed by atoms with Crippen molar-refractivity contribution in [3.05, 3.63) is 52.9 Å². The summed E-state index contributed by atoms with van der Waals surface area (Å²) in [5.74, 6) is 0.504. The highest BCUT2D eigenvalue weighted by Gasteiger charge is 2.23. The minimum absolute atomic E-state index is 0.202.